The molecule has 0 aromatic rings. The van der Waals surface area contributed by atoms with Gasteiger partial charge < -0.3 is 25.3 Å². The highest BCUT2D eigenvalue weighted by molar-refractivity contribution is 8.76. The molecule has 0 heterocycles. The van der Waals surface area contributed by atoms with E-state index in [2.05, 4.69) is 5.32 Å². The number of alkyl halides is 3. The summed E-state index contributed by atoms with van der Waals surface area (Å²) in [5, 5.41) is 2.39. The molecule has 13 heteroatoms. The zero-order valence-corrected chi connectivity index (χ0v) is 21.7. The number of alkyl carbamates (subject to hydrolysis) is 1. The van der Waals surface area contributed by atoms with E-state index in [4.69, 9.17) is 54.7 Å². The van der Waals surface area contributed by atoms with Crippen molar-refractivity contribution in [3.8, 4) is 0 Å². The molecule has 0 saturated carbocycles. The lowest BCUT2D eigenvalue weighted by molar-refractivity contribution is -0.157. The third-order valence-corrected chi connectivity index (χ3v) is 5.40. The average molecular weight is 528 g/mol. The molecule has 0 saturated heterocycles. The Hall–Kier alpha value is -0.260. The number of halogens is 3. The van der Waals surface area contributed by atoms with Gasteiger partial charge in [0.15, 0.2) is 0 Å². The predicted molar refractivity (Wildman–Crippen MR) is 123 cm³/mol. The molecule has 0 aliphatic heterocycles. The Kier molecular flexibility index (Phi) is 12.6. The standard InChI is InChI=1S/C17H29Cl3N2O6S2/c1-15(2,3)27-12(23)10(21)7-29-30-8-11(13(24)28-16(4,5)6)22-14(25)26-9-17(18,19)20/h10-11H,7-9,21H2,1-6H3,(H,22,25)/t10-,11-/m0/s1. The highest BCUT2D eigenvalue weighted by Gasteiger charge is 2.29. The van der Waals surface area contributed by atoms with E-state index in [1.54, 1.807) is 41.5 Å². The van der Waals surface area contributed by atoms with Crippen molar-refractivity contribution >= 4 is 74.4 Å². The first-order valence-corrected chi connectivity index (χ1v) is 12.5. The zero-order valence-electron chi connectivity index (χ0n) is 17.8. The van der Waals surface area contributed by atoms with Gasteiger partial charge in [-0.3, -0.25) is 4.79 Å². The highest BCUT2D eigenvalue weighted by Crippen LogP contribution is 2.26. The van der Waals surface area contributed by atoms with Gasteiger partial charge in [-0.1, -0.05) is 56.4 Å². The van der Waals surface area contributed by atoms with Crippen LogP contribution in [0.3, 0.4) is 0 Å². The summed E-state index contributed by atoms with van der Waals surface area (Å²) in [6, 6.07) is -1.86. The van der Waals surface area contributed by atoms with Gasteiger partial charge in [0.05, 0.1) is 0 Å². The topological polar surface area (TPSA) is 117 Å². The summed E-state index contributed by atoms with van der Waals surface area (Å²) in [5.74, 6) is -0.799. The van der Waals surface area contributed by atoms with E-state index in [1.165, 1.54) is 21.6 Å². The first kappa shape index (κ1) is 29.7. The number of hydrogen-bond donors (Lipinski definition) is 2. The number of carbonyl (C=O) groups is 3. The minimum Gasteiger partial charge on any atom is -0.459 e. The van der Waals surface area contributed by atoms with E-state index in [0.717, 1.165) is 0 Å². The Morgan fingerprint density at radius 2 is 1.37 bits per heavy atom. The molecule has 176 valence electrons. The third kappa shape index (κ3) is 16.4. The van der Waals surface area contributed by atoms with Crippen molar-refractivity contribution in [3.05, 3.63) is 0 Å². The fraction of sp³-hybridized carbons (Fsp3) is 0.824. The number of esters is 2. The van der Waals surface area contributed by atoms with Crippen molar-refractivity contribution in [3.63, 3.8) is 0 Å². The van der Waals surface area contributed by atoms with Crippen molar-refractivity contribution in [2.45, 2.75) is 68.6 Å². The molecule has 0 aliphatic rings. The second kappa shape index (κ2) is 12.7. The van der Waals surface area contributed by atoms with E-state index in [9.17, 15) is 14.4 Å². The van der Waals surface area contributed by atoms with Crippen molar-refractivity contribution < 1.29 is 28.6 Å². The van der Waals surface area contributed by atoms with Crippen molar-refractivity contribution in [1.29, 1.82) is 0 Å². The van der Waals surface area contributed by atoms with Gasteiger partial charge >= 0.3 is 18.0 Å². The van der Waals surface area contributed by atoms with E-state index in [0.29, 0.717) is 0 Å². The molecule has 0 aliphatic carbocycles. The van der Waals surface area contributed by atoms with E-state index < -0.39 is 51.7 Å². The molecule has 0 rings (SSSR count). The van der Waals surface area contributed by atoms with Crippen LogP contribution in [0.25, 0.3) is 0 Å². The van der Waals surface area contributed by atoms with E-state index in [1.807, 2.05) is 0 Å². The van der Waals surface area contributed by atoms with Gasteiger partial charge in [-0.05, 0) is 41.5 Å². The molecule has 1 amide bonds. The van der Waals surface area contributed by atoms with Crippen LogP contribution in [0.2, 0.25) is 0 Å². The Balaban J connectivity index is 4.72. The number of nitrogens with one attached hydrogen (secondary N) is 1. The van der Waals surface area contributed by atoms with E-state index in [-0.39, 0.29) is 11.5 Å². The molecule has 30 heavy (non-hydrogen) atoms. The van der Waals surface area contributed by atoms with Crippen LogP contribution in [0, 0.1) is 0 Å². The molecule has 0 bridgehead atoms. The lowest BCUT2D eigenvalue weighted by Gasteiger charge is -2.24. The van der Waals surface area contributed by atoms with Gasteiger partial charge in [-0.25, -0.2) is 9.59 Å². The Bertz CT molecular complexity index is 592. The van der Waals surface area contributed by atoms with Gasteiger partial charge in [-0.15, -0.1) is 0 Å². The molecule has 0 aromatic carbocycles. The van der Waals surface area contributed by atoms with Gasteiger partial charge in [0.25, 0.3) is 0 Å². The lowest BCUT2D eigenvalue weighted by Crippen LogP contribution is -2.46. The van der Waals surface area contributed by atoms with Gasteiger partial charge in [-0.2, -0.15) is 0 Å². The molecule has 8 nitrogen and oxygen atoms in total. The number of ether oxygens (including phenoxy) is 3. The maximum atomic E-state index is 12.4. The molecule has 0 fully saturated rings. The number of nitrogens with two attached hydrogens (primary N) is 1. The highest BCUT2D eigenvalue weighted by atomic mass is 35.6. The molecular formula is C17H29Cl3N2O6S2. The predicted octanol–water partition coefficient (Wildman–Crippen LogP) is 3.84. The summed E-state index contributed by atoms with van der Waals surface area (Å²) < 4.78 is 13.5. The number of carbonyl (C=O) groups excluding carboxylic acids is 3. The normalized spacial score (nSPS) is 14.5. The molecule has 0 unspecified atom stereocenters. The maximum absolute atomic E-state index is 12.4. The molecule has 2 atom stereocenters. The van der Waals surface area contributed by atoms with Gasteiger partial charge in [0.2, 0.25) is 3.79 Å². The maximum Gasteiger partial charge on any atom is 0.408 e. The molecule has 0 radical (unpaired) electrons. The zero-order chi connectivity index (χ0) is 23.8. The molecular weight excluding hydrogens is 499 g/mol. The van der Waals surface area contributed by atoms with Crippen molar-refractivity contribution in [2.75, 3.05) is 18.1 Å². The number of hydrogen-bond acceptors (Lipinski definition) is 9. The second-order valence-electron chi connectivity index (χ2n) is 8.13. The van der Waals surface area contributed by atoms with Crippen LogP contribution in [0.15, 0.2) is 0 Å². The summed E-state index contributed by atoms with van der Waals surface area (Å²) in [6.45, 7) is 9.85. The summed E-state index contributed by atoms with van der Waals surface area (Å²) in [5.41, 5.74) is 4.43. The van der Waals surface area contributed by atoms with Crippen LogP contribution >= 0.6 is 56.4 Å². The van der Waals surface area contributed by atoms with Crippen LogP contribution in [0.4, 0.5) is 4.79 Å². The molecule has 0 spiro atoms. The smallest absolute Gasteiger partial charge is 0.408 e. The first-order chi connectivity index (χ1) is 13.4. The first-order valence-electron chi connectivity index (χ1n) is 8.85. The van der Waals surface area contributed by atoms with Crippen molar-refractivity contribution in [1.82, 2.24) is 5.32 Å². The van der Waals surface area contributed by atoms with E-state index >= 15 is 0 Å². The lowest BCUT2D eigenvalue weighted by atomic mass is 10.2. The quantitative estimate of drug-likeness (QED) is 0.152. The molecule has 0 aromatic heterocycles. The fourth-order valence-electron chi connectivity index (χ4n) is 1.56. The average Bonchev–Trinajstić information content (AvgIpc) is 2.51. The van der Waals surface area contributed by atoms with Crippen LogP contribution in [0.5, 0.6) is 0 Å². The minimum absolute atomic E-state index is 0.128. The number of amides is 1. The summed E-state index contributed by atoms with van der Waals surface area (Å²) in [4.78, 5) is 36.2. The SMILES string of the molecule is CC(C)(C)OC(=O)[C@H](CSSC[C@H](N)C(=O)OC(C)(C)C)NC(=O)OCC(Cl)(Cl)Cl. The van der Waals surface area contributed by atoms with Crippen LogP contribution in [-0.4, -0.2) is 63.2 Å². The largest absolute Gasteiger partial charge is 0.459 e. The van der Waals surface area contributed by atoms with Crippen LogP contribution < -0.4 is 11.1 Å². The van der Waals surface area contributed by atoms with Gasteiger partial charge in [0.1, 0.15) is 29.9 Å². The Morgan fingerprint density at radius 1 is 0.900 bits per heavy atom. The second-order valence-corrected chi connectivity index (χ2v) is 13.2. The van der Waals surface area contributed by atoms with Crippen molar-refractivity contribution in [2.24, 2.45) is 5.73 Å². The fourth-order valence-corrected chi connectivity index (χ4v) is 3.98. The summed E-state index contributed by atoms with van der Waals surface area (Å²) in [6.07, 6.45) is -0.937. The van der Waals surface area contributed by atoms with Crippen LogP contribution in [-0.2, 0) is 23.8 Å². The minimum atomic E-state index is -1.78. The van der Waals surface area contributed by atoms with Gasteiger partial charge in [0, 0.05) is 11.5 Å². The van der Waals surface area contributed by atoms with Crippen LogP contribution in [0.1, 0.15) is 41.5 Å². The summed E-state index contributed by atoms with van der Waals surface area (Å²) >= 11 is 16.6. The number of rotatable bonds is 9. The monoisotopic (exact) mass is 526 g/mol. The Morgan fingerprint density at radius 3 is 1.83 bits per heavy atom. The molecule has 3 N–H and O–H groups in total. The third-order valence-electron chi connectivity index (χ3n) is 2.63. The Labute approximate surface area is 200 Å². The summed E-state index contributed by atoms with van der Waals surface area (Å²) in [7, 11) is 2.48.